The molecule has 0 bridgehead atoms. The lowest BCUT2D eigenvalue weighted by Gasteiger charge is -2.10. The highest BCUT2D eigenvalue weighted by molar-refractivity contribution is 9.10. The Kier molecular flexibility index (Phi) is 3.45. The van der Waals surface area contributed by atoms with E-state index in [0.717, 1.165) is 15.4 Å². The highest BCUT2D eigenvalue weighted by Gasteiger charge is 2.23. The second-order valence-electron chi connectivity index (χ2n) is 4.46. The molecule has 0 fully saturated rings. The molecule has 0 saturated heterocycles. The Morgan fingerprint density at radius 3 is 2.61 bits per heavy atom. The third-order valence-electron chi connectivity index (χ3n) is 2.92. The number of aromatic nitrogens is 1. The summed E-state index contributed by atoms with van der Waals surface area (Å²) in [5, 5.41) is 19.5. The quantitative estimate of drug-likeness (QED) is 0.915. The Morgan fingerprint density at radius 1 is 1.39 bits per heavy atom. The first kappa shape index (κ1) is 13.1. The number of para-hydroxylation sites is 1. The van der Waals surface area contributed by atoms with Gasteiger partial charge in [0.25, 0.3) is 0 Å². The average Bonchev–Trinajstić information content (AvgIpc) is 2.69. The summed E-state index contributed by atoms with van der Waals surface area (Å²) in [6, 6.07) is 5.73. The molecule has 2 rings (SSSR count). The molecule has 96 valence electrons. The number of hydrogen-bond acceptors (Lipinski definition) is 2. The van der Waals surface area contributed by atoms with Gasteiger partial charge in [0, 0.05) is 27.7 Å². The number of benzene rings is 1. The summed E-state index contributed by atoms with van der Waals surface area (Å²) in [4.78, 5) is 10.9. The Balaban J connectivity index is 2.77. The lowest BCUT2D eigenvalue weighted by atomic mass is 10.1. The number of aliphatic carboxylic acids is 1. The van der Waals surface area contributed by atoms with Crippen molar-refractivity contribution in [2.45, 2.75) is 26.0 Å². The van der Waals surface area contributed by atoms with Crippen molar-refractivity contribution in [2.75, 3.05) is 0 Å². The number of fused-ring (bicyclic) bond motifs is 1. The topological polar surface area (TPSA) is 62.5 Å². The fourth-order valence-electron chi connectivity index (χ4n) is 2.05. The van der Waals surface area contributed by atoms with Crippen LogP contribution in [0.1, 0.15) is 31.6 Å². The van der Waals surface area contributed by atoms with Crippen molar-refractivity contribution in [3.8, 4) is 0 Å². The van der Waals surface area contributed by atoms with Crippen LogP contribution in [0.2, 0.25) is 0 Å². The van der Waals surface area contributed by atoms with Crippen LogP contribution in [0.25, 0.3) is 10.9 Å². The molecule has 0 aliphatic rings. The van der Waals surface area contributed by atoms with Crippen molar-refractivity contribution >= 4 is 32.8 Å². The Hall–Kier alpha value is -1.33. The van der Waals surface area contributed by atoms with Crippen molar-refractivity contribution in [3.63, 3.8) is 0 Å². The van der Waals surface area contributed by atoms with Gasteiger partial charge in [-0.15, -0.1) is 0 Å². The number of rotatable bonds is 3. The van der Waals surface area contributed by atoms with E-state index in [1.807, 2.05) is 36.6 Å². The van der Waals surface area contributed by atoms with Gasteiger partial charge in [-0.2, -0.15) is 0 Å². The Labute approximate surface area is 113 Å². The van der Waals surface area contributed by atoms with Gasteiger partial charge in [-0.25, -0.2) is 4.79 Å². The lowest BCUT2D eigenvalue weighted by Crippen LogP contribution is -2.10. The van der Waals surface area contributed by atoms with Gasteiger partial charge < -0.3 is 14.8 Å². The fraction of sp³-hybridized carbons (Fsp3) is 0.308. The molecule has 0 saturated carbocycles. The molecule has 1 aromatic heterocycles. The molecule has 1 unspecified atom stereocenters. The van der Waals surface area contributed by atoms with Gasteiger partial charge in [0.1, 0.15) is 0 Å². The van der Waals surface area contributed by atoms with Crippen LogP contribution >= 0.6 is 15.9 Å². The molecule has 0 spiro atoms. The molecule has 1 heterocycles. The van der Waals surface area contributed by atoms with Crippen LogP contribution in [0.4, 0.5) is 0 Å². The van der Waals surface area contributed by atoms with Crippen molar-refractivity contribution in [1.82, 2.24) is 4.57 Å². The third kappa shape index (κ3) is 2.04. The highest BCUT2D eigenvalue weighted by Crippen LogP contribution is 2.33. The minimum Gasteiger partial charge on any atom is -0.479 e. The number of aliphatic hydroxyl groups is 1. The van der Waals surface area contributed by atoms with E-state index >= 15 is 0 Å². The largest absolute Gasteiger partial charge is 0.479 e. The van der Waals surface area contributed by atoms with E-state index < -0.39 is 12.1 Å². The summed E-state index contributed by atoms with van der Waals surface area (Å²) in [5.74, 6) is -1.24. The van der Waals surface area contributed by atoms with E-state index in [-0.39, 0.29) is 6.04 Å². The van der Waals surface area contributed by atoms with E-state index in [4.69, 9.17) is 5.11 Å². The number of aliphatic hydroxyl groups excluding tert-OH is 1. The zero-order valence-electron chi connectivity index (χ0n) is 10.1. The van der Waals surface area contributed by atoms with Gasteiger partial charge in [0.15, 0.2) is 6.10 Å². The zero-order valence-corrected chi connectivity index (χ0v) is 11.7. The average molecular weight is 312 g/mol. The number of carboxylic acid groups (broad SMARTS) is 1. The minimum atomic E-state index is -1.50. The predicted molar refractivity (Wildman–Crippen MR) is 72.6 cm³/mol. The minimum absolute atomic E-state index is 0.181. The second kappa shape index (κ2) is 4.74. The molecule has 5 heteroatoms. The van der Waals surface area contributed by atoms with Gasteiger partial charge in [-0.1, -0.05) is 12.1 Å². The summed E-state index contributed by atoms with van der Waals surface area (Å²) >= 11 is 3.47. The van der Waals surface area contributed by atoms with Crippen molar-refractivity contribution in [3.05, 3.63) is 34.4 Å². The normalized spacial score (nSPS) is 13.2. The molecule has 1 atom stereocenters. The first-order valence-corrected chi connectivity index (χ1v) is 6.42. The van der Waals surface area contributed by atoms with Crippen LogP contribution < -0.4 is 0 Å². The van der Waals surface area contributed by atoms with Crippen LogP contribution in [-0.2, 0) is 4.79 Å². The molecule has 2 N–H and O–H groups in total. The van der Waals surface area contributed by atoms with E-state index in [1.54, 1.807) is 6.20 Å². The molecule has 2 aromatic rings. The molecule has 0 radical (unpaired) electrons. The molecule has 0 amide bonds. The van der Waals surface area contributed by atoms with Gasteiger partial charge >= 0.3 is 5.97 Å². The Bertz CT molecular complexity index is 604. The summed E-state index contributed by atoms with van der Waals surface area (Å²) in [6.45, 7) is 4.02. The van der Waals surface area contributed by atoms with E-state index in [0.29, 0.717) is 5.56 Å². The lowest BCUT2D eigenvalue weighted by molar-refractivity contribution is -0.146. The van der Waals surface area contributed by atoms with Crippen LogP contribution in [0, 0.1) is 0 Å². The smallest absolute Gasteiger partial charge is 0.337 e. The first-order chi connectivity index (χ1) is 8.43. The molecule has 4 nitrogen and oxygen atoms in total. The van der Waals surface area contributed by atoms with Crippen molar-refractivity contribution in [2.24, 2.45) is 0 Å². The van der Waals surface area contributed by atoms with Crippen LogP contribution in [-0.4, -0.2) is 20.7 Å². The van der Waals surface area contributed by atoms with Gasteiger partial charge in [-0.05, 0) is 35.8 Å². The van der Waals surface area contributed by atoms with Gasteiger partial charge in [0.2, 0.25) is 0 Å². The highest BCUT2D eigenvalue weighted by atomic mass is 79.9. The molecular formula is C13H14BrNO3. The third-order valence-corrected chi connectivity index (χ3v) is 3.56. The molecule has 0 aliphatic carbocycles. The van der Waals surface area contributed by atoms with Crippen LogP contribution in [0.15, 0.2) is 28.9 Å². The van der Waals surface area contributed by atoms with Crippen molar-refractivity contribution in [1.29, 1.82) is 0 Å². The predicted octanol–water partition coefficient (Wildman–Crippen LogP) is 3.10. The summed E-state index contributed by atoms with van der Waals surface area (Å²) in [5.41, 5.74) is 1.33. The molecular weight excluding hydrogens is 298 g/mol. The number of carboxylic acids is 1. The van der Waals surface area contributed by atoms with E-state index in [1.165, 1.54) is 0 Å². The second-order valence-corrected chi connectivity index (χ2v) is 5.32. The van der Waals surface area contributed by atoms with Gasteiger partial charge in [-0.3, -0.25) is 0 Å². The monoisotopic (exact) mass is 311 g/mol. The zero-order chi connectivity index (χ0) is 13.4. The number of nitrogens with zero attached hydrogens (tertiary/aromatic N) is 1. The van der Waals surface area contributed by atoms with Crippen LogP contribution in [0.5, 0.6) is 0 Å². The first-order valence-electron chi connectivity index (χ1n) is 5.63. The van der Waals surface area contributed by atoms with E-state index in [9.17, 15) is 9.90 Å². The Morgan fingerprint density at radius 2 is 2.06 bits per heavy atom. The summed E-state index contributed by atoms with van der Waals surface area (Å²) in [6.07, 6.45) is 0.209. The summed E-state index contributed by atoms with van der Waals surface area (Å²) < 4.78 is 2.85. The number of carbonyl (C=O) groups is 1. The molecule has 18 heavy (non-hydrogen) atoms. The SMILES string of the molecule is CC(C)n1cc(C(O)C(=O)O)c2cccc(Br)c21. The molecule has 1 aromatic carbocycles. The molecule has 0 aliphatic heterocycles. The maximum atomic E-state index is 10.9. The summed E-state index contributed by atoms with van der Waals surface area (Å²) in [7, 11) is 0. The van der Waals surface area contributed by atoms with Crippen molar-refractivity contribution < 1.29 is 15.0 Å². The fourth-order valence-corrected chi connectivity index (χ4v) is 2.62. The maximum absolute atomic E-state index is 10.9. The van der Waals surface area contributed by atoms with E-state index in [2.05, 4.69) is 15.9 Å². The van der Waals surface area contributed by atoms with Crippen LogP contribution in [0.3, 0.4) is 0 Å². The van der Waals surface area contributed by atoms with Gasteiger partial charge in [0.05, 0.1) is 5.52 Å². The number of hydrogen-bond donors (Lipinski definition) is 2. The number of halogens is 1. The maximum Gasteiger partial charge on any atom is 0.337 e. The standard InChI is InChI=1S/C13H14BrNO3/c1-7(2)15-6-9(12(16)13(17)18)8-4-3-5-10(14)11(8)15/h3-7,12,16H,1-2H3,(H,17,18).